The van der Waals surface area contributed by atoms with E-state index in [0.717, 1.165) is 5.56 Å². The Morgan fingerprint density at radius 2 is 1.88 bits per heavy atom. The summed E-state index contributed by atoms with van der Waals surface area (Å²) in [5.41, 5.74) is 0.738. The highest BCUT2D eigenvalue weighted by Crippen LogP contribution is 2.18. The first kappa shape index (κ1) is 12.4. The van der Waals surface area contributed by atoms with Gasteiger partial charge >= 0.3 is 5.97 Å². The van der Waals surface area contributed by atoms with E-state index in [2.05, 4.69) is 0 Å². The molecule has 1 aromatic carbocycles. The molecule has 0 saturated heterocycles. The maximum absolute atomic E-state index is 11.3. The van der Waals surface area contributed by atoms with E-state index in [4.69, 9.17) is 9.47 Å². The summed E-state index contributed by atoms with van der Waals surface area (Å²) in [5.74, 6) is -0.809. The van der Waals surface area contributed by atoms with Gasteiger partial charge in [0.15, 0.2) is 0 Å². The van der Waals surface area contributed by atoms with Gasteiger partial charge in [0, 0.05) is 12.7 Å². The second-order valence-electron chi connectivity index (χ2n) is 3.35. The minimum atomic E-state index is -0.756. The van der Waals surface area contributed by atoms with Gasteiger partial charge in [0.1, 0.15) is 12.2 Å². The normalized spacial score (nSPS) is 11.9. The number of Topliss-reactive ketones (excluding diaryl/α,β-unsaturated/α-hetero) is 1. The summed E-state index contributed by atoms with van der Waals surface area (Å²) in [6.07, 6.45) is -0.986. The molecule has 0 bridgehead atoms. The third-order valence-corrected chi connectivity index (χ3v) is 1.92. The Morgan fingerprint density at radius 1 is 1.25 bits per heavy atom. The molecule has 0 N–H and O–H groups in total. The summed E-state index contributed by atoms with van der Waals surface area (Å²) in [4.78, 5) is 22.0. The zero-order valence-corrected chi connectivity index (χ0v) is 9.30. The lowest BCUT2D eigenvalue weighted by Gasteiger charge is -2.15. The van der Waals surface area contributed by atoms with Crippen molar-refractivity contribution in [2.45, 2.75) is 19.6 Å². The fraction of sp³-hybridized carbons (Fsp3) is 0.333. The zero-order chi connectivity index (χ0) is 12.0. The highest BCUT2D eigenvalue weighted by Gasteiger charge is 2.16. The first-order valence-corrected chi connectivity index (χ1v) is 4.90. The van der Waals surface area contributed by atoms with E-state index in [1.54, 1.807) is 12.1 Å². The Morgan fingerprint density at radius 3 is 2.38 bits per heavy atom. The van der Waals surface area contributed by atoms with Gasteiger partial charge in [-0.25, -0.2) is 0 Å². The predicted octanol–water partition coefficient (Wildman–Crippen LogP) is 1.85. The van der Waals surface area contributed by atoms with E-state index in [1.807, 2.05) is 18.2 Å². The molecule has 0 spiro atoms. The molecule has 0 radical (unpaired) electrons. The van der Waals surface area contributed by atoms with Crippen LogP contribution in [0.3, 0.4) is 0 Å². The predicted molar refractivity (Wildman–Crippen MR) is 57.6 cm³/mol. The van der Waals surface area contributed by atoms with Crippen LogP contribution in [-0.4, -0.2) is 18.9 Å². The largest absolute Gasteiger partial charge is 0.431 e. The molecule has 4 nitrogen and oxygen atoms in total. The van der Waals surface area contributed by atoms with Gasteiger partial charge in [0.2, 0.25) is 6.29 Å². The number of benzene rings is 1. The van der Waals surface area contributed by atoms with Crippen molar-refractivity contribution in [2.75, 3.05) is 7.11 Å². The maximum Gasteiger partial charge on any atom is 0.315 e. The van der Waals surface area contributed by atoms with Crippen LogP contribution in [0, 0.1) is 0 Å². The van der Waals surface area contributed by atoms with Crippen molar-refractivity contribution in [2.24, 2.45) is 0 Å². The van der Waals surface area contributed by atoms with Crippen molar-refractivity contribution in [3.63, 3.8) is 0 Å². The molecule has 0 amide bonds. The highest BCUT2D eigenvalue weighted by molar-refractivity contribution is 5.94. The van der Waals surface area contributed by atoms with Gasteiger partial charge in [-0.2, -0.15) is 0 Å². The molecule has 0 aliphatic heterocycles. The number of carbonyl (C=O) groups excluding carboxylic acids is 2. The summed E-state index contributed by atoms with van der Waals surface area (Å²) < 4.78 is 10.0. The standard InChI is InChI=1S/C12H14O4/c1-9(13)8-11(14)16-12(15-2)10-6-4-3-5-7-10/h3-7,12H,8H2,1-2H3. The third kappa shape index (κ3) is 3.82. The number of rotatable bonds is 5. The van der Waals surface area contributed by atoms with Crippen molar-refractivity contribution >= 4 is 11.8 Å². The van der Waals surface area contributed by atoms with E-state index < -0.39 is 12.3 Å². The lowest BCUT2D eigenvalue weighted by molar-refractivity contribution is -0.175. The van der Waals surface area contributed by atoms with Crippen LogP contribution in [0.2, 0.25) is 0 Å². The minimum absolute atomic E-state index is 0.229. The molecule has 1 rings (SSSR count). The molecule has 0 fully saturated rings. The van der Waals surface area contributed by atoms with E-state index in [-0.39, 0.29) is 12.2 Å². The molecule has 0 saturated carbocycles. The molecule has 1 unspecified atom stereocenters. The average Bonchev–Trinajstić information content (AvgIpc) is 2.26. The monoisotopic (exact) mass is 222 g/mol. The van der Waals surface area contributed by atoms with Crippen LogP contribution in [0.15, 0.2) is 30.3 Å². The molecule has 0 heterocycles. The van der Waals surface area contributed by atoms with Gasteiger partial charge in [-0.1, -0.05) is 30.3 Å². The van der Waals surface area contributed by atoms with Crippen LogP contribution in [0.5, 0.6) is 0 Å². The van der Waals surface area contributed by atoms with Crippen molar-refractivity contribution in [3.8, 4) is 0 Å². The van der Waals surface area contributed by atoms with Crippen LogP contribution < -0.4 is 0 Å². The number of hydrogen-bond donors (Lipinski definition) is 0. The van der Waals surface area contributed by atoms with Crippen molar-refractivity contribution < 1.29 is 19.1 Å². The third-order valence-electron chi connectivity index (χ3n) is 1.92. The molecule has 1 aromatic rings. The zero-order valence-electron chi connectivity index (χ0n) is 9.30. The van der Waals surface area contributed by atoms with Crippen LogP contribution >= 0.6 is 0 Å². The van der Waals surface area contributed by atoms with E-state index >= 15 is 0 Å². The van der Waals surface area contributed by atoms with E-state index in [0.29, 0.717) is 0 Å². The molecular formula is C12H14O4. The Kier molecular flexibility index (Phi) is 4.66. The minimum Gasteiger partial charge on any atom is -0.431 e. The van der Waals surface area contributed by atoms with Crippen molar-refractivity contribution in [1.29, 1.82) is 0 Å². The van der Waals surface area contributed by atoms with Crippen molar-refractivity contribution in [1.82, 2.24) is 0 Å². The molecular weight excluding hydrogens is 208 g/mol. The first-order valence-electron chi connectivity index (χ1n) is 4.90. The number of ketones is 1. The number of esters is 1. The van der Waals surface area contributed by atoms with Crippen LogP contribution in [-0.2, 0) is 19.1 Å². The molecule has 0 aliphatic carbocycles. The topological polar surface area (TPSA) is 52.6 Å². The summed E-state index contributed by atoms with van der Waals surface area (Å²) in [7, 11) is 1.44. The molecule has 4 heteroatoms. The fourth-order valence-corrected chi connectivity index (χ4v) is 1.23. The molecule has 16 heavy (non-hydrogen) atoms. The number of ether oxygens (including phenoxy) is 2. The summed E-state index contributed by atoms with van der Waals surface area (Å²) in [6.45, 7) is 1.34. The maximum atomic E-state index is 11.3. The van der Waals surface area contributed by atoms with Gasteiger partial charge in [-0.15, -0.1) is 0 Å². The lowest BCUT2D eigenvalue weighted by atomic mass is 10.2. The second kappa shape index (κ2) is 6.02. The Labute approximate surface area is 94.2 Å². The summed E-state index contributed by atoms with van der Waals surface area (Å²) in [5, 5.41) is 0. The average molecular weight is 222 g/mol. The number of carbonyl (C=O) groups is 2. The lowest BCUT2D eigenvalue weighted by Crippen LogP contribution is -2.15. The quantitative estimate of drug-likeness (QED) is 0.433. The Balaban J connectivity index is 2.63. The Hall–Kier alpha value is -1.68. The van der Waals surface area contributed by atoms with Crippen molar-refractivity contribution in [3.05, 3.63) is 35.9 Å². The molecule has 86 valence electrons. The number of methoxy groups -OCH3 is 1. The summed E-state index contributed by atoms with van der Waals surface area (Å²) in [6, 6.07) is 9.07. The Bertz CT molecular complexity index is 359. The smallest absolute Gasteiger partial charge is 0.315 e. The second-order valence-corrected chi connectivity index (χ2v) is 3.35. The first-order chi connectivity index (χ1) is 7.63. The van der Waals surface area contributed by atoms with Crippen LogP contribution in [0.25, 0.3) is 0 Å². The van der Waals surface area contributed by atoms with E-state index in [1.165, 1.54) is 14.0 Å². The van der Waals surface area contributed by atoms with Gasteiger partial charge in [-0.05, 0) is 6.92 Å². The van der Waals surface area contributed by atoms with Gasteiger partial charge < -0.3 is 9.47 Å². The summed E-state index contributed by atoms with van der Waals surface area (Å²) >= 11 is 0. The fourth-order valence-electron chi connectivity index (χ4n) is 1.23. The molecule has 0 aromatic heterocycles. The van der Waals surface area contributed by atoms with Gasteiger partial charge in [-0.3, -0.25) is 9.59 Å². The van der Waals surface area contributed by atoms with Crippen LogP contribution in [0.1, 0.15) is 25.2 Å². The van der Waals surface area contributed by atoms with Gasteiger partial charge in [0.25, 0.3) is 0 Å². The highest BCUT2D eigenvalue weighted by atomic mass is 16.7. The van der Waals surface area contributed by atoms with E-state index in [9.17, 15) is 9.59 Å². The van der Waals surface area contributed by atoms with Crippen LogP contribution in [0.4, 0.5) is 0 Å². The number of hydrogen-bond acceptors (Lipinski definition) is 4. The SMILES string of the molecule is COC(OC(=O)CC(C)=O)c1ccccc1. The molecule has 1 atom stereocenters. The molecule has 0 aliphatic rings. The van der Waals surface area contributed by atoms with Gasteiger partial charge in [0.05, 0.1) is 0 Å².